The molecule has 0 aliphatic carbocycles. The summed E-state index contributed by atoms with van der Waals surface area (Å²) < 4.78 is 32.5. The van der Waals surface area contributed by atoms with E-state index in [1.165, 1.54) is 12.1 Å². The fourth-order valence-corrected chi connectivity index (χ4v) is 3.45. The van der Waals surface area contributed by atoms with Crippen molar-refractivity contribution in [3.8, 4) is 5.75 Å². The minimum absolute atomic E-state index is 0.141. The Morgan fingerprint density at radius 2 is 2.07 bits per heavy atom. The zero-order chi connectivity index (χ0) is 19.9. The van der Waals surface area contributed by atoms with Gasteiger partial charge >= 0.3 is 0 Å². The van der Waals surface area contributed by atoms with E-state index >= 15 is 0 Å². The van der Waals surface area contributed by atoms with Crippen LogP contribution in [0.25, 0.3) is 0 Å². The quantitative estimate of drug-likeness (QED) is 0.590. The molecule has 1 atom stereocenters. The third-order valence-corrected chi connectivity index (χ3v) is 4.88. The highest BCUT2D eigenvalue weighted by atomic mass is 19.1. The van der Waals surface area contributed by atoms with E-state index in [0.29, 0.717) is 31.3 Å². The van der Waals surface area contributed by atoms with Crippen LogP contribution in [0.2, 0.25) is 0 Å². The Balaban J connectivity index is 1.50. The van der Waals surface area contributed by atoms with Crippen molar-refractivity contribution in [2.75, 3.05) is 38.7 Å². The first-order valence-corrected chi connectivity index (χ1v) is 9.39. The number of benzene rings is 2. The van der Waals surface area contributed by atoms with Gasteiger partial charge in [-0.1, -0.05) is 18.2 Å². The third-order valence-electron chi connectivity index (χ3n) is 4.88. The number of anilines is 1. The number of halogens is 2. The van der Waals surface area contributed by atoms with Crippen molar-refractivity contribution >= 4 is 11.6 Å². The van der Waals surface area contributed by atoms with Gasteiger partial charge in [-0.05, 0) is 36.6 Å². The topological polar surface area (TPSA) is 48.9 Å². The number of nitrogens with zero attached hydrogens (tertiary/aromatic N) is 2. The maximum absolute atomic E-state index is 14.0. The molecule has 5 nitrogen and oxygen atoms in total. The van der Waals surface area contributed by atoms with Crippen LogP contribution in [0.15, 0.2) is 47.5 Å². The number of hydrogen-bond donors (Lipinski definition) is 2. The van der Waals surface area contributed by atoms with Crippen molar-refractivity contribution in [2.45, 2.75) is 18.9 Å². The summed E-state index contributed by atoms with van der Waals surface area (Å²) >= 11 is 0. The molecule has 2 aromatic rings. The monoisotopic (exact) mass is 388 g/mol. The van der Waals surface area contributed by atoms with Gasteiger partial charge in [0.25, 0.3) is 0 Å². The molecule has 1 fully saturated rings. The Labute approximate surface area is 164 Å². The van der Waals surface area contributed by atoms with Crippen molar-refractivity contribution in [3.05, 3.63) is 59.7 Å². The van der Waals surface area contributed by atoms with Crippen molar-refractivity contribution in [2.24, 2.45) is 4.99 Å². The molecule has 0 spiro atoms. The molecule has 2 N–H and O–H groups in total. The molecule has 1 aliphatic heterocycles. The van der Waals surface area contributed by atoms with E-state index in [-0.39, 0.29) is 6.04 Å². The smallest absolute Gasteiger partial charge is 0.191 e. The second kappa shape index (κ2) is 9.39. The zero-order valence-electron chi connectivity index (χ0n) is 16.2. The van der Waals surface area contributed by atoms with Crippen LogP contribution in [0.3, 0.4) is 0 Å². The minimum Gasteiger partial charge on any atom is -0.496 e. The summed E-state index contributed by atoms with van der Waals surface area (Å²) in [6.45, 7) is 2.05. The molecule has 1 aliphatic rings. The Kier molecular flexibility index (Phi) is 6.68. The Morgan fingerprint density at radius 1 is 1.25 bits per heavy atom. The van der Waals surface area contributed by atoms with Crippen molar-refractivity contribution in [1.82, 2.24) is 10.6 Å². The van der Waals surface area contributed by atoms with Crippen LogP contribution < -0.4 is 20.3 Å². The molecule has 0 bridgehead atoms. The van der Waals surface area contributed by atoms with Gasteiger partial charge in [-0.2, -0.15) is 0 Å². The van der Waals surface area contributed by atoms with Crippen LogP contribution >= 0.6 is 0 Å². The molecule has 3 rings (SSSR count). The van der Waals surface area contributed by atoms with E-state index in [4.69, 9.17) is 4.74 Å². The average Bonchev–Trinajstić information content (AvgIpc) is 3.15. The molecular weight excluding hydrogens is 362 g/mol. The zero-order valence-corrected chi connectivity index (χ0v) is 16.2. The lowest BCUT2D eigenvalue weighted by molar-refractivity contribution is 0.409. The maximum Gasteiger partial charge on any atom is 0.191 e. The van der Waals surface area contributed by atoms with E-state index in [1.807, 2.05) is 29.2 Å². The van der Waals surface area contributed by atoms with E-state index in [1.54, 1.807) is 14.2 Å². The number of aliphatic imine (C=N–C) groups is 1. The van der Waals surface area contributed by atoms with Crippen LogP contribution in [-0.4, -0.2) is 45.8 Å². The van der Waals surface area contributed by atoms with E-state index < -0.39 is 11.6 Å². The maximum atomic E-state index is 14.0. The van der Waals surface area contributed by atoms with Gasteiger partial charge in [-0.3, -0.25) is 4.99 Å². The van der Waals surface area contributed by atoms with Gasteiger partial charge in [0.05, 0.1) is 12.8 Å². The van der Waals surface area contributed by atoms with Gasteiger partial charge in [0.1, 0.15) is 17.4 Å². The first-order chi connectivity index (χ1) is 13.6. The molecule has 150 valence electrons. The van der Waals surface area contributed by atoms with E-state index in [9.17, 15) is 8.78 Å². The number of rotatable bonds is 6. The van der Waals surface area contributed by atoms with Gasteiger partial charge in [0.2, 0.25) is 0 Å². The number of para-hydroxylation sites is 1. The molecule has 1 heterocycles. The standard InChI is InChI=1S/C21H26F2N4O/c1-24-21(25-11-9-15-5-3-4-6-20(15)28-2)26-17-10-12-27(14-17)19-8-7-16(22)13-18(19)23/h3-8,13,17H,9-12,14H2,1-2H3,(H2,24,25,26). The number of guanidine groups is 1. The summed E-state index contributed by atoms with van der Waals surface area (Å²) in [5, 5.41) is 6.69. The van der Waals surface area contributed by atoms with Crippen LogP contribution in [-0.2, 0) is 6.42 Å². The fourth-order valence-electron chi connectivity index (χ4n) is 3.45. The average molecular weight is 388 g/mol. The first kappa shape index (κ1) is 19.9. The summed E-state index contributed by atoms with van der Waals surface area (Å²) in [4.78, 5) is 6.20. The summed E-state index contributed by atoms with van der Waals surface area (Å²) in [7, 11) is 3.40. The summed E-state index contributed by atoms with van der Waals surface area (Å²) in [6, 6.07) is 11.8. The van der Waals surface area contributed by atoms with Crippen molar-refractivity contribution in [1.29, 1.82) is 0 Å². The van der Waals surface area contributed by atoms with Gasteiger partial charge in [0.15, 0.2) is 5.96 Å². The number of methoxy groups -OCH3 is 1. The molecule has 1 unspecified atom stereocenters. The van der Waals surface area contributed by atoms with Crippen LogP contribution in [0.5, 0.6) is 5.75 Å². The molecular formula is C21H26F2N4O. The first-order valence-electron chi connectivity index (χ1n) is 9.39. The lowest BCUT2D eigenvalue weighted by Crippen LogP contribution is -2.45. The molecule has 0 radical (unpaired) electrons. The summed E-state index contributed by atoms with van der Waals surface area (Å²) in [5.41, 5.74) is 1.57. The molecule has 0 aromatic heterocycles. The minimum atomic E-state index is -0.560. The molecule has 28 heavy (non-hydrogen) atoms. The number of ether oxygens (including phenoxy) is 1. The summed E-state index contributed by atoms with van der Waals surface area (Å²) in [6.07, 6.45) is 1.66. The SMILES string of the molecule is CN=C(NCCc1ccccc1OC)NC1CCN(c2ccc(F)cc2F)C1. The van der Waals surface area contributed by atoms with Crippen molar-refractivity contribution in [3.63, 3.8) is 0 Å². The van der Waals surface area contributed by atoms with Crippen LogP contribution in [0.1, 0.15) is 12.0 Å². The van der Waals surface area contributed by atoms with Gasteiger partial charge in [-0.15, -0.1) is 0 Å². The Morgan fingerprint density at radius 3 is 2.82 bits per heavy atom. The van der Waals surface area contributed by atoms with Crippen LogP contribution in [0.4, 0.5) is 14.5 Å². The van der Waals surface area contributed by atoms with Crippen LogP contribution in [0, 0.1) is 11.6 Å². The fraction of sp³-hybridized carbons (Fsp3) is 0.381. The molecule has 2 aromatic carbocycles. The summed E-state index contributed by atoms with van der Waals surface area (Å²) in [5.74, 6) is 0.496. The predicted molar refractivity (Wildman–Crippen MR) is 108 cm³/mol. The highest BCUT2D eigenvalue weighted by Gasteiger charge is 2.25. The normalized spacial score (nSPS) is 16.9. The Bertz CT molecular complexity index is 828. The van der Waals surface area contributed by atoms with E-state index in [0.717, 1.165) is 30.2 Å². The highest BCUT2D eigenvalue weighted by Crippen LogP contribution is 2.24. The highest BCUT2D eigenvalue weighted by molar-refractivity contribution is 5.80. The lowest BCUT2D eigenvalue weighted by atomic mass is 10.1. The van der Waals surface area contributed by atoms with Gasteiger partial charge in [-0.25, -0.2) is 8.78 Å². The Hall–Kier alpha value is -2.83. The number of nitrogens with one attached hydrogen (secondary N) is 2. The second-order valence-corrected chi connectivity index (χ2v) is 6.73. The molecule has 0 amide bonds. The van der Waals surface area contributed by atoms with Gasteiger partial charge < -0.3 is 20.3 Å². The lowest BCUT2D eigenvalue weighted by Gasteiger charge is -2.21. The van der Waals surface area contributed by atoms with Gasteiger partial charge in [0, 0.05) is 38.8 Å². The third kappa shape index (κ3) is 4.91. The number of hydrogen-bond acceptors (Lipinski definition) is 3. The predicted octanol–water partition coefficient (Wildman–Crippen LogP) is 2.96. The second-order valence-electron chi connectivity index (χ2n) is 6.73. The largest absolute Gasteiger partial charge is 0.496 e. The molecule has 7 heteroatoms. The van der Waals surface area contributed by atoms with Crippen molar-refractivity contribution < 1.29 is 13.5 Å². The van der Waals surface area contributed by atoms with E-state index in [2.05, 4.69) is 15.6 Å². The molecule has 1 saturated heterocycles. The molecule has 0 saturated carbocycles.